The summed E-state index contributed by atoms with van der Waals surface area (Å²) in [6, 6.07) is 8.36. The Labute approximate surface area is 90.5 Å². The molecule has 1 aromatic carbocycles. The van der Waals surface area contributed by atoms with E-state index in [0.717, 1.165) is 25.3 Å². The smallest absolute Gasteiger partial charge is 0.128 e. The number of ether oxygens (including phenoxy) is 1. The predicted octanol–water partition coefficient (Wildman–Crippen LogP) is 3.45. The van der Waals surface area contributed by atoms with Crippen LogP contribution in [0.3, 0.4) is 0 Å². The van der Waals surface area contributed by atoms with Crippen molar-refractivity contribution in [3.63, 3.8) is 0 Å². The summed E-state index contributed by atoms with van der Waals surface area (Å²) in [6.45, 7) is 6.06. The molecule has 0 N–H and O–H groups in total. The number of nitrogens with zero attached hydrogens (tertiary/aromatic N) is 1. The van der Waals surface area contributed by atoms with E-state index in [-0.39, 0.29) is 0 Å². The fraction of sp³-hybridized carbons (Fsp3) is 0.385. The second-order valence-electron chi connectivity index (χ2n) is 3.64. The van der Waals surface area contributed by atoms with Gasteiger partial charge >= 0.3 is 0 Å². The van der Waals surface area contributed by atoms with E-state index in [4.69, 9.17) is 4.74 Å². The fourth-order valence-electron chi connectivity index (χ4n) is 1.81. The highest BCUT2D eigenvalue weighted by molar-refractivity contribution is 5.86. The van der Waals surface area contributed by atoms with Crippen LogP contribution in [0, 0.1) is 0 Å². The lowest BCUT2D eigenvalue weighted by molar-refractivity contribution is 0.321. The Morgan fingerprint density at radius 3 is 2.80 bits per heavy atom. The van der Waals surface area contributed by atoms with Crippen molar-refractivity contribution < 1.29 is 4.74 Å². The largest absolute Gasteiger partial charge is 0.493 e. The highest BCUT2D eigenvalue weighted by Crippen LogP contribution is 2.26. The van der Waals surface area contributed by atoms with Gasteiger partial charge in [0.15, 0.2) is 0 Å². The van der Waals surface area contributed by atoms with Gasteiger partial charge in [-0.2, -0.15) is 0 Å². The summed E-state index contributed by atoms with van der Waals surface area (Å²) in [5, 5.41) is 1.22. The van der Waals surface area contributed by atoms with E-state index < -0.39 is 0 Å². The van der Waals surface area contributed by atoms with Crippen LogP contribution in [0.25, 0.3) is 10.9 Å². The standard InChI is InChI=1S/C13H17NO/c1-3-10-15-13-7-5-6-12-11(13)8-9-14(12)4-2/h5-9H,3-4,10H2,1-2H3. The Morgan fingerprint density at radius 2 is 2.07 bits per heavy atom. The Kier molecular flexibility index (Phi) is 2.95. The normalized spacial score (nSPS) is 10.8. The molecule has 0 aliphatic heterocycles. The van der Waals surface area contributed by atoms with Crippen LogP contribution in [0.5, 0.6) is 5.75 Å². The van der Waals surface area contributed by atoms with E-state index in [2.05, 4.69) is 42.8 Å². The molecular formula is C13H17NO. The average molecular weight is 203 g/mol. The molecule has 0 saturated heterocycles. The zero-order valence-corrected chi connectivity index (χ0v) is 9.36. The first-order chi connectivity index (χ1) is 7.36. The van der Waals surface area contributed by atoms with E-state index in [1.807, 2.05) is 6.07 Å². The number of rotatable bonds is 4. The van der Waals surface area contributed by atoms with Gasteiger partial charge in [0.05, 0.1) is 12.1 Å². The van der Waals surface area contributed by atoms with Crippen LogP contribution in [0.1, 0.15) is 20.3 Å². The van der Waals surface area contributed by atoms with Crippen LogP contribution in [0.15, 0.2) is 30.5 Å². The van der Waals surface area contributed by atoms with E-state index >= 15 is 0 Å². The van der Waals surface area contributed by atoms with Gasteiger partial charge < -0.3 is 9.30 Å². The third-order valence-corrected chi connectivity index (χ3v) is 2.58. The molecule has 0 aliphatic rings. The summed E-state index contributed by atoms with van der Waals surface area (Å²) < 4.78 is 7.94. The third kappa shape index (κ3) is 1.84. The second kappa shape index (κ2) is 4.39. The Morgan fingerprint density at radius 1 is 1.20 bits per heavy atom. The van der Waals surface area contributed by atoms with E-state index in [0.29, 0.717) is 0 Å². The third-order valence-electron chi connectivity index (χ3n) is 2.58. The monoisotopic (exact) mass is 203 g/mol. The first-order valence-electron chi connectivity index (χ1n) is 5.57. The number of hydrogen-bond donors (Lipinski definition) is 0. The van der Waals surface area contributed by atoms with E-state index in [1.54, 1.807) is 0 Å². The molecule has 0 aliphatic carbocycles. The van der Waals surface area contributed by atoms with Crippen molar-refractivity contribution in [2.45, 2.75) is 26.8 Å². The zero-order valence-electron chi connectivity index (χ0n) is 9.36. The minimum absolute atomic E-state index is 0.788. The topological polar surface area (TPSA) is 14.2 Å². The molecule has 0 atom stereocenters. The molecular weight excluding hydrogens is 186 g/mol. The predicted molar refractivity (Wildman–Crippen MR) is 63.4 cm³/mol. The molecule has 2 heteroatoms. The molecule has 0 fully saturated rings. The van der Waals surface area contributed by atoms with Gasteiger partial charge in [-0.05, 0) is 31.5 Å². The molecule has 1 heterocycles. The van der Waals surface area contributed by atoms with Crippen LogP contribution >= 0.6 is 0 Å². The molecule has 2 nitrogen and oxygen atoms in total. The summed E-state index contributed by atoms with van der Waals surface area (Å²) in [6.07, 6.45) is 3.16. The summed E-state index contributed by atoms with van der Waals surface area (Å²) in [5.74, 6) is 1.00. The van der Waals surface area contributed by atoms with Crippen LogP contribution in [-0.4, -0.2) is 11.2 Å². The van der Waals surface area contributed by atoms with Crippen molar-refractivity contribution in [3.05, 3.63) is 30.5 Å². The lowest BCUT2D eigenvalue weighted by atomic mass is 10.2. The van der Waals surface area contributed by atoms with Crippen molar-refractivity contribution >= 4 is 10.9 Å². The average Bonchev–Trinajstić information content (AvgIpc) is 2.69. The number of hydrogen-bond acceptors (Lipinski definition) is 1. The van der Waals surface area contributed by atoms with Crippen molar-refractivity contribution in [2.24, 2.45) is 0 Å². The second-order valence-corrected chi connectivity index (χ2v) is 3.64. The Balaban J connectivity index is 2.42. The van der Waals surface area contributed by atoms with E-state index in [1.165, 1.54) is 10.9 Å². The number of fused-ring (bicyclic) bond motifs is 1. The highest BCUT2D eigenvalue weighted by atomic mass is 16.5. The highest BCUT2D eigenvalue weighted by Gasteiger charge is 2.04. The molecule has 0 bridgehead atoms. The maximum Gasteiger partial charge on any atom is 0.128 e. The van der Waals surface area contributed by atoms with E-state index in [9.17, 15) is 0 Å². The maximum absolute atomic E-state index is 5.71. The van der Waals surface area contributed by atoms with Crippen LogP contribution in [0.4, 0.5) is 0 Å². The minimum Gasteiger partial charge on any atom is -0.493 e. The minimum atomic E-state index is 0.788. The van der Waals surface area contributed by atoms with Gasteiger partial charge in [0, 0.05) is 18.1 Å². The Hall–Kier alpha value is -1.44. The van der Waals surface area contributed by atoms with Crippen molar-refractivity contribution in [1.82, 2.24) is 4.57 Å². The van der Waals surface area contributed by atoms with Gasteiger partial charge in [0.2, 0.25) is 0 Å². The molecule has 0 radical (unpaired) electrons. The number of benzene rings is 1. The number of aryl methyl sites for hydroxylation is 1. The van der Waals surface area contributed by atoms with Crippen LogP contribution < -0.4 is 4.74 Å². The SMILES string of the molecule is CCCOc1cccc2c1ccn2CC. The van der Waals surface area contributed by atoms with Gasteiger partial charge in [-0.1, -0.05) is 13.0 Å². The molecule has 2 aromatic rings. The summed E-state index contributed by atoms with van der Waals surface area (Å²) in [7, 11) is 0. The van der Waals surface area contributed by atoms with Gasteiger partial charge in [-0.25, -0.2) is 0 Å². The van der Waals surface area contributed by atoms with Crippen molar-refractivity contribution in [1.29, 1.82) is 0 Å². The van der Waals surface area contributed by atoms with Gasteiger partial charge in [-0.15, -0.1) is 0 Å². The van der Waals surface area contributed by atoms with Crippen molar-refractivity contribution in [3.8, 4) is 5.75 Å². The van der Waals surface area contributed by atoms with Gasteiger partial charge in [-0.3, -0.25) is 0 Å². The molecule has 0 unspecified atom stereocenters. The van der Waals surface area contributed by atoms with Gasteiger partial charge in [0.25, 0.3) is 0 Å². The van der Waals surface area contributed by atoms with Crippen LogP contribution in [0.2, 0.25) is 0 Å². The molecule has 15 heavy (non-hydrogen) atoms. The summed E-state index contributed by atoms with van der Waals surface area (Å²) >= 11 is 0. The lowest BCUT2D eigenvalue weighted by Gasteiger charge is -2.06. The van der Waals surface area contributed by atoms with Gasteiger partial charge in [0.1, 0.15) is 5.75 Å². The first-order valence-corrected chi connectivity index (χ1v) is 5.57. The summed E-state index contributed by atoms with van der Waals surface area (Å²) in [4.78, 5) is 0. The van der Waals surface area contributed by atoms with Crippen LogP contribution in [-0.2, 0) is 6.54 Å². The molecule has 80 valence electrons. The number of aromatic nitrogens is 1. The maximum atomic E-state index is 5.71. The molecule has 0 amide bonds. The molecule has 0 saturated carbocycles. The summed E-state index contributed by atoms with van der Waals surface area (Å²) in [5.41, 5.74) is 1.26. The fourth-order valence-corrected chi connectivity index (χ4v) is 1.81. The quantitative estimate of drug-likeness (QED) is 0.742. The lowest BCUT2D eigenvalue weighted by Crippen LogP contribution is -1.96. The first kappa shape index (κ1) is 10.1. The molecule has 0 spiro atoms. The Bertz CT molecular complexity index is 445. The molecule has 1 aromatic heterocycles. The molecule has 2 rings (SSSR count). The van der Waals surface area contributed by atoms with Crippen molar-refractivity contribution in [2.75, 3.05) is 6.61 Å². The zero-order chi connectivity index (χ0) is 10.7.